The van der Waals surface area contributed by atoms with Gasteiger partial charge in [0.1, 0.15) is 5.75 Å². The Morgan fingerprint density at radius 3 is 2.10 bits per heavy atom. The number of hydrogen-bond donors (Lipinski definition) is 2. The summed E-state index contributed by atoms with van der Waals surface area (Å²) in [6.45, 7) is 2.67. The van der Waals surface area contributed by atoms with Gasteiger partial charge in [-0.3, -0.25) is 9.59 Å². The van der Waals surface area contributed by atoms with Gasteiger partial charge in [0, 0.05) is 27.5 Å². The van der Waals surface area contributed by atoms with Crippen molar-refractivity contribution >= 4 is 34.8 Å². The molecule has 3 aromatic rings. The first-order chi connectivity index (χ1) is 14.0. The lowest BCUT2D eigenvalue weighted by Crippen LogP contribution is -2.14. The second kappa shape index (κ2) is 9.75. The molecular weight excluding hydrogens is 388 g/mol. The first kappa shape index (κ1) is 20.4. The summed E-state index contributed by atoms with van der Waals surface area (Å²) >= 11 is 5.94. The number of benzene rings is 3. The molecule has 3 rings (SSSR count). The molecule has 6 heteroatoms. The fourth-order valence-electron chi connectivity index (χ4n) is 2.63. The average Bonchev–Trinajstić information content (AvgIpc) is 2.73. The van der Waals surface area contributed by atoms with E-state index < -0.39 is 0 Å². The molecule has 0 saturated carbocycles. The second-order valence-corrected chi connectivity index (χ2v) is 6.81. The van der Waals surface area contributed by atoms with Crippen LogP contribution in [0.15, 0.2) is 72.8 Å². The molecular formula is C23H21ClN2O3. The number of amides is 2. The molecule has 2 amide bonds. The van der Waals surface area contributed by atoms with Crippen LogP contribution >= 0.6 is 11.6 Å². The van der Waals surface area contributed by atoms with E-state index in [2.05, 4.69) is 10.6 Å². The van der Waals surface area contributed by atoms with Crippen molar-refractivity contribution in [1.29, 1.82) is 0 Å². The van der Waals surface area contributed by atoms with Gasteiger partial charge < -0.3 is 15.4 Å². The normalized spacial score (nSPS) is 10.3. The maximum atomic E-state index is 12.5. The number of carbonyl (C=O) groups excluding carboxylic acids is 2. The maximum Gasteiger partial charge on any atom is 0.255 e. The van der Waals surface area contributed by atoms with Gasteiger partial charge in [0.2, 0.25) is 0 Å². The Bertz CT molecular complexity index is 1000. The number of nitrogens with one attached hydrogen (secondary N) is 2. The highest BCUT2D eigenvalue weighted by molar-refractivity contribution is 6.31. The number of carbonyl (C=O) groups is 2. The zero-order valence-electron chi connectivity index (χ0n) is 15.9. The predicted molar refractivity (Wildman–Crippen MR) is 116 cm³/mol. The first-order valence-electron chi connectivity index (χ1n) is 9.26. The number of rotatable bonds is 7. The molecule has 0 aliphatic carbocycles. The average molecular weight is 409 g/mol. The molecule has 0 saturated heterocycles. The molecule has 0 aliphatic heterocycles. The van der Waals surface area contributed by atoms with Crippen LogP contribution in [0.2, 0.25) is 5.02 Å². The van der Waals surface area contributed by atoms with E-state index in [1.165, 1.54) is 0 Å². The van der Waals surface area contributed by atoms with Crippen LogP contribution < -0.4 is 15.4 Å². The van der Waals surface area contributed by atoms with Crippen LogP contribution in [0.5, 0.6) is 5.75 Å². The summed E-state index contributed by atoms with van der Waals surface area (Å²) in [7, 11) is 0. The topological polar surface area (TPSA) is 67.4 Å². The molecule has 0 aromatic heterocycles. The fourth-order valence-corrected chi connectivity index (χ4v) is 2.82. The van der Waals surface area contributed by atoms with E-state index in [4.69, 9.17) is 16.3 Å². The van der Waals surface area contributed by atoms with Crippen molar-refractivity contribution < 1.29 is 14.3 Å². The van der Waals surface area contributed by atoms with Gasteiger partial charge >= 0.3 is 0 Å². The SMILES string of the molecule is CCCOc1ccc(C(=O)Nc2cccc(C(=O)Nc3cccc(Cl)c3)c2)cc1. The van der Waals surface area contributed by atoms with Gasteiger partial charge in [0.25, 0.3) is 11.8 Å². The summed E-state index contributed by atoms with van der Waals surface area (Å²) in [5.41, 5.74) is 2.05. The number of hydrogen-bond acceptors (Lipinski definition) is 3. The first-order valence-corrected chi connectivity index (χ1v) is 9.64. The largest absolute Gasteiger partial charge is 0.494 e. The van der Waals surface area contributed by atoms with Crippen molar-refractivity contribution in [2.75, 3.05) is 17.2 Å². The van der Waals surface area contributed by atoms with Crippen molar-refractivity contribution in [2.24, 2.45) is 0 Å². The third-order valence-corrected chi connectivity index (χ3v) is 4.29. The highest BCUT2D eigenvalue weighted by Gasteiger charge is 2.10. The van der Waals surface area contributed by atoms with Crippen molar-refractivity contribution in [2.45, 2.75) is 13.3 Å². The summed E-state index contributed by atoms with van der Waals surface area (Å²) in [6.07, 6.45) is 0.920. The van der Waals surface area contributed by atoms with Gasteiger partial charge in [0.15, 0.2) is 0 Å². The quantitative estimate of drug-likeness (QED) is 0.532. The highest BCUT2D eigenvalue weighted by atomic mass is 35.5. The van der Waals surface area contributed by atoms with Crippen LogP contribution in [0.25, 0.3) is 0 Å². The van der Waals surface area contributed by atoms with Crippen molar-refractivity contribution in [1.82, 2.24) is 0 Å². The minimum Gasteiger partial charge on any atom is -0.494 e. The van der Waals surface area contributed by atoms with Crippen molar-refractivity contribution in [3.8, 4) is 5.75 Å². The summed E-state index contributed by atoms with van der Waals surface area (Å²) in [4.78, 5) is 25.0. The van der Waals surface area contributed by atoms with Crippen molar-refractivity contribution in [3.63, 3.8) is 0 Å². The van der Waals surface area contributed by atoms with Crippen LogP contribution in [-0.2, 0) is 0 Å². The van der Waals surface area contributed by atoms with E-state index in [1.807, 2.05) is 6.92 Å². The maximum absolute atomic E-state index is 12.5. The van der Waals surface area contributed by atoms with Gasteiger partial charge in [0.05, 0.1) is 6.61 Å². The highest BCUT2D eigenvalue weighted by Crippen LogP contribution is 2.18. The molecule has 0 bridgehead atoms. The van der Waals surface area contributed by atoms with E-state index in [0.29, 0.717) is 34.1 Å². The molecule has 0 heterocycles. The van der Waals surface area contributed by atoms with E-state index in [0.717, 1.165) is 12.2 Å². The number of halogens is 1. The van der Waals surface area contributed by atoms with Gasteiger partial charge in [-0.05, 0) is 67.1 Å². The van der Waals surface area contributed by atoms with Gasteiger partial charge in [-0.25, -0.2) is 0 Å². The molecule has 0 unspecified atom stereocenters. The molecule has 0 radical (unpaired) electrons. The predicted octanol–water partition coefficient (Wildman–Crippen LogP) is 5.63. The molecule has 29 heavy (non-hydrogen) atoms. The van der Waals surface area contributed by atoms with E-state index in [9.17, 15) is 9.59 Å². The monoisotopic (exact) mass is 408 g/mol. The summed E-state index contributed by atoms with van der Waals surface area (Å²) < 4.78 is 5.52. The number of anilines is 2. The van der Waals surface area contributed by atoms with Crippen molar-refractivity contribution in [3.05, 3.63) is 88.9 Å². The lowest BCUT2D eigenvalue weighted by molar-refractivity contribution is 0.101. The third kappa shape index (κ3) is 5.83. The Morgan fingerprint density at radius 1 is 0.828 bits per heavy atom. The van der Waals surface area contributed by atoms with E-state index in [-0.39, 0.29) is 11.8 Å². The third-order valence-electron chi connectivity index (χ3n) is 4.05. The molecule has 0 atom stereocenters. The fraction of sp³-hybridized carbons (Fsp3) is 0.130. The summed E-state index contributed by atoms with van der Waals surface area (Å²) in [6, 6.07) is 20.6. The summed E-state index contributed by atoms with van der Waals surface area (Å²) in [5, 5.41) is 6.13. The Morgan fingerprint density at radius 2 is 1.45 bits per heavy atom. The zero-order chi connectivity index (χ0) is 20.6. The zero-order valence-corrected chi connectivity index (χ0v) is 16.7. The van der Waals surface area contributed by atoms with Gasteiger partial charge in [-0.15, -0.1) is 0 Å². The lowest BCUT2D eigenvalue weighted by atomic mass is 10.1. The second-order valence-electron chi connectivity index (χ2n) is 6.37. The molecule has 5 nitrogen and oxygen atoms in total. The minimum absolute atomic E-state index is 0.264. The molecule has 2 N–H and O–H groups in total. The molecule has 3 aromatic carbocycles. The molecule has 0 fully saturated rings. The van der Waals surface area contributed by atoms with Crippen LogP contribution in [0, 0.1) is 0 Å². The standard InChI is InChI=1S/C23H21ClN2O3/c1-2-13-29-21-11-9-16(10-12-21)22(27)25-19-7-3-5-17(14-19)23(28)26-20-8-4-6-18(24)15-20/h3-12,14-15H,2,13H2,1H3,(H,25,27)(H,26,28). The number of ether oxygens (including phenoxy) is 1. The molecule has 0 spiro atoms. The van der Waals surface area contributed by atoms with Crippen LogP contribution in [-0.4, -0.2) is 18.4 Å². The lowest BCUT2D eigenvalue weighted by Gasteiger charge is -2.09. The Kier molecular flexibility index (Phi) is 6.87. The summed E-state index contributed by atoms with van der Waals surface area (Å²) in [5.74, 6) is 0.170. The van der Waals surface area contributed by atoms with Gasteiger partial charge in [-0.2, -0.15) is 0 Å². The Balaban J connectivity index is 1.66. The Hall–Kier alpha value is -3.31. The molecule has 148 valence electrons. The van der Waals surface area contributed by atoms with Crippen LogP contribution in [0.1, 0.15) is 34.1 Å². The van der Waals surface area contributed by atoms with E-state index >= 15 is 0 Å². The minimum atomic E-state index is -0.291. The Labute approximate surface area is 174 Å². The van der Waals surface area contributed by atoms with Gasteiger partial charge in [-0.1, -0.05) is 30.7 Å². The van der Waals surface area contributed by atoms with Crippen LogP contribution in [0.3, 0.4) is 0 Å². The smallest absolute Gasteiger partial charge is 0.255 e. The van der Waals surface area contributed by atoms with E-state index in [1.54, 1.807) is 72.8 Å². The molecule has 0 aliphatic rings. The van der Waals surface area contributed by atoms with Crippen LogP contribution in [0.4, 0.5) is 11.4 Å².